The van der Waals surface area contributed by atoms with Crippen molar-refractivity contribution < 1.29 is 9.59 Å². The molecule has 1 atom stereocenters. The Hall–Kier alpha value is -2.22. The lowest BCUT2D eigenvalue weighted by Gasteiger charge is -2.42. The van der Waals surface area contributed by atoms with Crippen LogP contribution >= 0.6 is 0 Å². The van der Waals surface area contributed by atoms with Crippen molar-refractivity contribution in [2.24, 2.45) is 5.92 Å². The first-order valence-electron chi connectivity index (χ1n) is 9.99. The van der Waals surface area contributed by atoms with Gasteiger partial charge in [0.05, 0.1) is 5.92 Å². The van der Waals surface area contributed by atoms with Crippen LogP contribution in [-0.4, -0.2) is 70.1 Å². The Morgan fingerprint density at radius 1 is 1.07 bits per heavy atom. The molecule has 2 saturated heterocycles. The molecular weight excluding hydrogens is 346 g/mol. The number of carbonyl (C=O) groups is 2. The maximum atomic E-state index is 12.5. The molecule has 146 valence electrons. The molecule has 3 heterocycles. The van der Waals surface area contributed by atoms with Crippen LogP contribution in [0.5, 0.6) is 0 Å². The molecule has 1 unspecified atom stereocenters. The number of carbonyl (C=O) groups excluding carboxylic acids is 2. The zero-order valence-corrected chi connectivity index (χ0v) is 15.5. The van der Waals surface area contributed by atoms with Gasteiger partial charge in [-0.25, -0.2) is 5.10 Å². The van der Waals surface area contributed by atoms with Gasteiger partial charge in [0.15, 0.2) is 0 Å². The zero-order chi connectivity index (χ0) is 18.8. The molecule has 1 aliphatic carbocycles. The Morgan fingerprint density at radius 3 is 2.52 bits per heavy atom. The summed E-state index contributed by atoms with van der Waals surface area (Å²) in [5.41, 5.74) is -0.0292. The van der Waals surface area contributed by atoms with E-state index in [1.54, 1.807) is 4.90 Å². The second-order valence-corrected chi connectivity index (χ2v) is 7.95. The lowest BCUT2D eigenvalue weighted by atomic mass is 9.93. The largest absolute Gasteiger partial charge is 0.353 e. The van der Waals surface area contributed by atoms with Crippen molar-refractivity contribution in [1.29, 1.82) is 0 Å². The molecule has 0 spiro atoms. The van der Waals surface area contributed by atoms with E-state index in [0.717, 1.165) is 51.6 Å². The summed E-state index contributed by atoms with van der Waals surface area (Å²) in [5, 5.41) is 9.29. The Kier molecular flexibility index (Phi) is 5.24. The summed E-state index contributed by atoms with van der Waals surface area (Å²) in [6.45, 7) is 3.23. The van der Waals surface area contributed by atoms with Gasteiger partial charge in [-0.2, -0.15) is 5.10 Å². The molecule has 0 aromatic carbocycles. The molecule has 1 aromatic rings. The fourth-order valence-corrected chi connectivity index (χ4v) is 4.16. The number of H-pyrrole nitrogens is 1. The Morgan fingerprint density at radius 2 is 1.85 bits per heavy atom. The summed E-state index contributed by atoms with van der Waals surface area (Å²) in [5.74, 6) is 0.188. The maximum absolute atomic E-state index is 12.5. The van der Waals surface area contributed by atoms with Gasteiger partial charge in [0.1, 0.15) is 5.69 Å². The van der Waals surface area contributed by atoms with Gasteiger partial charge in [0.25, 0.3) is 11.5 Å². The van der Waals surface area contributed by atoms with Crippen molar-refractivity contribution in [3.05, 3.63) is 28.2 Å². The average Bonchev–Trinajstić information content (AvgIpc) is 3.52. The maximum Gasteiger partial charge on any atom is 0.274 e. The van der Waals surface area contributed by atoms with Crippen LogP contribution in [0.1, 0.15) is 49.0 Å². The van der Waals surface area contributed by atoms with Gasteiger partial charge in [-0.1, -0.05) is 0 Å². The van der Waals surface area contributed by atoms with E-state index in [9.17, 15) is 14.4 Å². The zero-order valence-electron chi connectivity index (χ0n) is 15.5. The smallest absolute Gasteiger partial charge is 0.274 e. The topological polar surface area (TPSA) is 98.4 Å². The predicted octanol–water partition coefficient (Wildman–Crippen LogP) is 0.365. The molecule has 27 heavy (non-hydrogen) atoms. The van der Waals surface area contributed by atoms with E-state index in [0.29, 0.717) is 25.2 Å². The van der Waals surface area contributed by atoms with Crippen molar-refractivity contribution in [2.75, 3.05) is 26.2 Å². The fraction of sp³-hybridized carbons (Fsp3) is 0.684. The molecule has 2 aliphatic heterocycles. The van der Waals surface area contributed by atoms with Crippen LogP contribution in [0.2, 0.25) is 0 Å². The van der Waals surface area contributed by atoms with Gasteiger partial charge in [0.2, 0.25) is 5.91 Å². The van der Waals surface area contributed by atoms with Gasteiger partial charge in [-0.15, -0.1) is 0 Å². The third kappa shape index (κ3) is 4.37. The quantitative estimate of drug-likeness (QED) is 0.794. The summed E-state index contributed by atoms with van der Waals surface area (Å²) in [4.78, 5) is 40.2. The van der Waals surface area contributed by atoms with Crippen molar-refractivity contribution >= 4 is 11.8 Å². The van der Waals surface area contributed by atoms with Gasteiger partial charge in [-0.05, 0) is 51.1 Å². The molecule has 0 radical (unpaired) electrons. The van der Waals surface area contributed by atoms with E-state index in [-0.39, 0.29) is 29.0 Å². The molecule has 8 nitrogen and oxygen atoms in total. The number of aromatic nitrogens is 2. The minimum absolute atomic E-state index is 0.101. The first kappa shape index (κ1) is 18.2. The second-order valence-electron chi connectivity index (χ2n) is 7.95. The molecule has 1 saturated carbocycles. The standard InChI is InChI=1S/C19H27N5O3/c25-17-6-5-16(21-22-17)19(27)23-10-7-15(8-11-23)24-9-1-2-13(12-24)18(26)20-14-3-4-14/h5-6,13-15H,1-4,7-12H2,(H,20,26)(H,22,25). The minimum atomic E-state index is -0.310. The predicted molar refractivity (Wildman–Crippen MR) is 99.2 cm³/mol. The normalized spacial score (nSPS) is 24.6. The first-order chi connectivity index (χ1) is 13.1. The Bertz CT molecular complexity index is 731. The monoisotopic (exact) mass is 373 g/mol. The van der Waals surface area contributed by atoms with E-state index in [1.807, 2.05) is 0 Å². The Labute approximate surface area is 158 Å². The second kappa shape index (κ2) is 7.80. The molecule has 0 bridgehead atoms. The van der Waals surface area contributed by atoms with Crippen molar-refractivity contribution in [1.82, 2.24) is 25.3 Å². The van der Waals surface area contributed by atoms with Crippen molar-refractivity contribution in [3.8, 4) is 0 Å². The molecule has 8 heteroatoms. The molecular formula is C19H27N5O3. The highest BCUT2D eigenvalue weighted by Crippen LogP contribution is 2.26. The summed E-state index contributed by atoms with van der Waals surface area (Å²) in [7, 11) is 0. The van der Waals surface area contributed by atoms with Crippen molar-refractivity contribution in [2.45, 2.75) is 50.6 Å². The van der Waals surface area contributed by atoms with Crippen LogP contribution in [-0.2, 0) is 4.79 Å². The third-order valence-corrected chi connectivity index (χ3v) is 5.91. The third-order valence-electron chi connectivity index (χ3n) is 5.91. The molecule has 2 amide bonds. The Balaban J connectivity index is 1.29. The lowest BCUT2D eigenvalue weighted by Crippen LogP contribution is -2.51. The van der Waals surface area contributed by atoms with E-state index in [2.05, 4.69) is 20.4 Å². The van der Waals surface area contributed by atoms with Crippen molar-refractivity contribution in [3.63, 3.8) is 0 Å². The van der Waals surface area contributed by atoms with Gasteiger partial charge in [-0.3, -0.25) is 19.3 Å². The number of aromatic amines is 1. The molecule has 4 rings (SSSR count). The van der Waals surface area contributed by atoms with Crippen LogP contribution in [0.3, 0.4) is 0 Å². The number of nitrogens with zero attached hydrogens (tertiary/aromatic N) is 3. The number of amides is 2. The average molecular weight is 373 g/mol. The van der Waals surface area contributed by atoms with Crippen LogP contribution in [0, 0.1) is 5.92 Å². The lowest BCUT2D eigenvalue weighted by molar-refractivity contribution is -0.127. The number of rotatable bonds is 4. The van der Waals surface area contributed by atoms with E-state index in [1.165, 1.54) is 12.1 Å². The highest BCUT2D eigenvalue weighted by atomic mass is 16.2. The molecule has 3 aliphatic rings. The van der Waals surface area contributed by atoms with E-state index < -0.39 is 0 Å². The number of likely N-dealkylation sites (tertiary alicyclic amines) is 2. The fourth-order valence-electron chi connectivity index (χ4n) is 4.16. The summed E-state index contributed by atoms with van der Waals surface area (Å²) in [6.07, 6.45) is 6.10. The summed E-state index contributed by atoms with van der Waals surface area (Å²) >= 11 is 0. The summed E-state index contributed by atoms with van der Waals surface area (Å²) < 4.78 is 0. The van der Waals surface area contributed by atoms with E-state index in [4.69, 9.17) is 0 Å². The van der Waals surface area contributed by atoms with Gasteiger partial charge < -0.3 is 10.2 Å². The van der Waals surface area contributed by atoms with Crippen LogP contribution in [0.25, 0.3) is 0 Å². The molecule has 2 N–H and O–H groups in total. The highest BCUT2D eigenvalue weighted by Gasteiger charge is 2.34. The van der Waals surface area contributed by atoms with Crippen LogP contribution < -0.4 is 10.9 Å². The van der Waals surface area contributed by atoms with Gasteiger partial charge >= 0.3 is 0 Å². The SMILES string of the molecule is O=C(NC1CC1)C1CCCN(C2CCN(C(=O)c3ccc(=O)[nH]n3)CC2)C1. The van der Waals surface area contributed by atoms with Crippen LogP contribution in [0.4, 0.5) is 0 Å². The van der Waals surface area contributed by atoms with Crippen LogP contribution in [0.15, 0.2) is 16.9 Å². The number of piperidine rings is 2. The van der Waals surface area contributed by atoms with Gasteiger partial charge in [0, 0.05) is 37.8 Å². The number of hydrogen-bond acceptors (Lipinski definition) is 5. The summed E-state index contributed by atoms with van der Waals surface area (Å²) in [6, 6.07) is 3.65. The minimum Gasteiger partial charge on any atom is -0.353 e. The van der Waals surface area contributed by atoms with E-state index >= 15 is 0 Å². The highest BCUT2D eigenvalue weighted by molar-refractivity contribution is 5.92. The molecule has 1 aromatic heterocycles. The number of nitrogens with one attached hydrogen (secondary N) is 2. The first-order valence-corrected chi connectivity index (χ1v) is 9.99. The number of hydrogen-bond donors (Lipinski definition) is 2. The molecule has 3 fully saturated rings.